The molecular formula is C21H30N6O3. The number of carbonyl (C=O) groups is 1. The van der Waals surface area contributed by atoms with Gasteiger partial charge in [0.15, 0.2) is 0 Å². The highest BCUT2D eigenvalue weighted by Gasteiger charge is 2.19. The number of nitrogens with zero attached hydrogens (tertiary/aromatic N) is 3. The lowest BCUT2D eigenvalue weighted by Gasteiger charge is -2.34. The maximum Gasteiger partial charge on any atom is 0.239 e. The molecule has 2 heterocycles. The van der Waals surface area contributed by atoms with Crippen molar-refractivity contribution in [1.29, 1.82) is 0 Å². The van der Waals surface area contributed by atoms with Gasteiger partial charge in [0.25, 0.3) is 0 Å². The molecule has 2 aromatic rings. The van der Waals surface area contributed by atoms with Crippen LogP contribution in [0.15, 0.2) is 36.5 Å². The van der Waals surface area contributed by atoms with Gasteiger partial charge in [-0.2, -0.15) is 0 Å². The lowest BCUT2D eigenvalue weighted by molar-refractivity contribution is -0.117. The number of hydrogen-bond donors (Lipinski definition) is 3. The number of pyridine rings is 1. The first-order valence-corrected chi connectivity index (χ1v) is 10.0. The molecule has 1 saturated heterocycles. The van der Waals surface area contributed by atoms with Crippen molar-refractivity contribution in [2.75, 3.05) is 76.4 Å². The Morgan fingerprint density at radius 2 is 1.87 bits per heavy atom. The summed E-state index contributed by atoms with van der Waals surface area (Å²) in [5.74, 6) is 1.55. The molecule has 1 aromatic heterocycles. The molecule has 0 unspecified atom stereocenters. The standard InChI is InChI=1S/C21H30N6O3/c1-23-19-4-3-16(13-18(19)22)30-17-5-6-24-20(14-17)25-21(28)15-27-9-7-26(8-10-27)11-12-29-2/h3-6,13-14,23H,7-12,15,22H2,1-2H3,(H,24,25,28). The van der Waals surface area contributed by atoms with Crippen LogP contribution in [0.5, 0.6) is 11.5 Å². The number of amides is 1. The fourth-order valence-electron chi connectivity index (χ4n) is 3.29. The summed E-state index contributed by atoms with van der Waals surface area (Å²) in [6, 6.07) is 8.85. The number of nitrogens with two attached hydrogens (primary N) is 1. The second kappa shape index (κ2) is 10.8. The van der Waals surface area contributed by atoms with Crippen LogP contribution in [0.1, 0.15) is 0 Å². The number of ether oxygens (including phenoxy) is 2. The van der Waals surface area contributed by atoms with E-state index in [9.17, 15) is 4.79 Å². The van der Waals surface area contributed by atoms with Gasteiger partial charge in [-0.3, -0.25) is 14.6 Å². The first-order chi connectivity index (χ1) is 14.6. The van der Waals surface area contributed by atoms with E-state index in [1.54, 1.807) is 31.5 Å². The van der Waals surface area contributed by atoms with Crippen LogP contribution in [-0.4, -0.2) is 80.7 Å². The van der Waals surface area contributed by atoms with Crippen LogP contribution in [0.2, 0.25) is 0 Å². The number of piperazine rings is 1. The van der Waals surface area contributed by atoms with Crippen LogP contribution in [0.25, 0.3) is 0 Å². The number of aromatic nitrogens is 1. The number of anilines is 3. The molecule has 4 N–H and O–H groups in total. The highest BCUT2D eigenvalue weighted by atomic mass is 16.5. The zero-order valence-corrected chi connectivity index (χ0v) is 17.6. The van der Waals surface area contributed by atoms with Gasteiger partial charge in [0.2, 0.25) is 5.91 Å². The zero-order valence-electron chi connectivity index (χ0n) is 17.6. The summed E-state index contributed by atoms with van der Waals surface area (Å²) in [6.07, 6.45) is 1.60. The maximum atomic E-state index is 12.4. The van der Waals surface area contributed by atoms with E-state index in [4.69, 9.17) is 15.2 Å². The molecule has 1 fully saturated rings. The number of hydrogen-bond acceptors (Lipinski definition) is 8. The third-order valence-electron chi connectivity index (χ3n) is 4.97. The van der Waals surface area contributed by atoms with Crippen LogP contribution in [0.4, 0.5) is 17.2 Å². The molecule has 3 rings (SSSR count). The van der Waals surface area contributed by atoms with Crippen molar-refractivity contribution >= 4 is 23.1 Å². The molecule has 1 aromatic carbocycles. The van der Waals surface area contributed by atoms with Crippen molar-refractivity contribution in [1.82, 2.24) is 14.8 Å². The van der Waals surface area contributed by atoms with Crippen LogP contribution in [0, 0.1) is 0 Å². The molecule has 0 saturated carbocycles. The third-order valence-corrected chi connectivity index (χ3v) is 4.97. The summed E-state index contributed by atoms with van der Waals surface area (Å²) in [6.45, 7) is 5.59. The summed E-state index contributed by atoms with van der Waals surface area (Å²) in [7, 11) is 3.52. The van der Waals surface area contributed by atoms with E-state index in [1.165, 1.54) is 0 Å². The van der Waals surface area contributed by atoms with E-state index in [0.717, 1.165) is 45.0 Å². The number of nitrogen functional groups attached to an aromatic ring is 1. The number of carbonyl (C=O) groups excluding carboxylic acids is 1. The minimum absolute atomic E-state index is 0.0902. The Morgan fingerprint density at radius 1 is 1.13 bits per heavy atom. The minimum atomic E-state index is -0.0902. The highest BCUT2D eigenvalue weighted by Crippen LogP contribution is 2.28. The SMILES string of the molecule is CNc1ccc(Oc2ccnc(NC(=O)CN3CCN(CCOC)CC3)c2)cc1N. The van der Waals surface area contributed by atoms with E-state index in [1.807, 2.05) is 19.2 Å². The minimum Gasteiger partial charge on any atom is -0.457 e. The van der Waals surface area contributed by atoms with Crippen molar-refractivity contribution in [2.24, 2.45) is 0 Å². The Bertz CT molecular complexity index is 839. The van der Waals surface area contributed by atoms with E-state index in [2.05, 4.69) is 25.4 Å². The average molecular weight is 415 g/mol. The molecule has 9 heteroatoms. The second-order valence-electron chi connectivity index (χ2n) is 7.14. The normalized spacial score (nSPS) is 15.0. The molecule has 30 heavy (non-hydrogen) atoms. The lowest BCUT2D eigenvalue weighted by Crippen LogP contribution is -2.49. The van der Waals surface area contributed by atoms with Gasteiger partial charge < -0.3 is 25.8 Å². The van der Waals surface area contributed by atoms with E-state index in [0.29, 0.717) is 29.5 Å². The number of methoxy groups -OCH3 is 1. The van der Waals surface area contributed by atoms with Gasteiger partial charge in [0.1, 0.15) is 17.3 Å². The van der Waals surface area contributed by atoms with Crippen molar-refractivity contribution in [3.63, 3.8) is 0 Å². The molecule has 1 aliphatic rings. The lowest BCUT2D eigenvalue weighted by atomic mass is 10.2. The first kappa shape index (κ1) is 21.8. The number of nitrogens with one attached hydrogen (secondary N) is 2. The van der Waals surface area contributed by atoms with Crippen LogP contribution in [0.3, 0.4) is 0 Å². The van der Waals surface area contributed by atoms with Crippen molar-refractivity contribution in [3.05, 3.63) is 36.5 Å². The predicted molar refractivity (Wildman–Crippen MR) is 118 cm³/mol. The molecule has 9 nitrogen and oxygen atoms in total. The third kappa shape index (κ3) is 6.31. The molecule has 1 aliphatic heterocycles. The Kier molecular flexibility index (Phi) is 7.83. The van der Waals surface area contributed by atoms with Gasteiger partial charge in [-0.15, -0.1) is 0 Å². The molecular weight excluding hydrogens is 384 g/mol. The molecule has 0 radical (unpaired) electrons. The fourth-order valence-corrected chi connectivity index (χ4v) is 3.29. The van der Waals surface area contributed by atoms with Crippen LogP contribution in [-0.2, 0) is 9.53 Å². The molecule has 1 amide bonds. The van der Waals surface area contributed by atoms with Crippen molar-refractivity contribution in [3.8, 4) is 11.5 Å². The summed E-state index contributed by atoms with van der Waals surface area (Å²) < 4.78 is 11.0. The largest absolute Gasteiger partial charge is 0.457 e. The summed E-state index contributed by atoms with van der Waals surface area (Å²) in [5, 5.41) is 5.86. The fraction of sp³-hybridized carbons (Fsp3) is 0.429. The van der Waals surface area contributed by atoms with Gasteiger partial charge in [-0.1, -0.05) is 0 Å². The smallest absolute Gasteiger partial charge is 0.239 e. The van der Waals surface area contributed by atoms with Gasteiger partial charge in [-0.25, -0.2) is 4.98 Å². The number of rotatable bonds is 9. The Hall–Kier alpha value is -2.88. The maximum absolute atomic E-state index is 12.4. The van der Waals surface area contributed by atoms with Crippen molar-refractivity contribution in [2.45, 2.75) is 0 Å². The van der Waals surface area contributed by atoms with Crippen molar-refractivity contribution < 1.29 is 14.3 Å². The Morgan fingerprint density at radius 3 is 2.57 bits per heavy atom. The van der Waals surface area contributed by atoms with Crippen LogP contribution < -0.4 is 21.1 Å². The van der Waals surface area contributed by atoms with Gasteiger partial charge in [-0.05, 0) is 18.2 Å². The topological polar surface area (TPSA) is 105 Å². The van der Waals surface area contributed by atoms with Crippen LogP contribution >= 0.6 is 0 Å². The summed E-state index contributed by atoms with van der Waals surface area (Å²) >= 11 is 0. The highest BCUT2D eigenvalue weighted by molar-refractivity contribution is 5.91. The zero-order chi connectivity index (χ0) is 21.3. The number of benzene rings is 1. The monoisotopic (exact) mass is 414 g/mol. The quantitative estimate of drug-likeness (QED) is 0.533. The second-order valence-corrected chi connectivity index (χ2v) is 7.14. The summed E-state index contributed by atoms with van der Waals surface area (Å²) in [5.41, 5.74) is 7.41. The first-order valence-electron chi connectivity index (χ1n) is 10.0. The van der Waals surface area contributed by atoms with E-state index < -0.39 is 0 Å². The van der Waals surface area contributed by atoms with E-state index >= 15 is 0 Å². The summed E-state index contributed by atoms with van der Waals surface area (Å²) in [4.78, 5) is 21.1. The Labute approximate surface area is 177 Å². The molecule has 0 aliphatic carbocycles. The average Bonchev–Trinajstić information content (AvgIpc) is 2.73. The molecule has 0 bridgehead atoms. The Balaban J connectivity index is 1.50. The molecule has 0 atom stereocenters. The van der Waals surface area contributed by atoms with Gasteiger partial charge in [0, 0.05) is 65.2 Å². The molecule has 162 valence electrons. The van der Waals surface area contributed by atoms with E-state index in [-0.39, 0.29) is 5.91 Å². The molecule has 0 spiro atoms. The van der Waals surface area contributed by atoms with Gasteiger partial charge >= 0.3 is 0 Å². The van der Waals surface area contributed by atoms with Gasteiger partial charge in [0.05, 0.1) is 24.5 Å². The predicted octanol–water partition coefficient (Wildman–Crippen LogP) is 1.70.